The molecule has 0 heterocycles. The molecule has 0 aliphatic rings. The van der Waals surface area contributed by atoms with Gasteiger partial charge in [-0.05, 0) is 0 Å². The van der Waals surface area contributed by atoms with Crippen LogP contribution in [0.25, 0.3) is 0 Å². The third-order valence-electron chi connectivity index (χ3n) is 0.116. The third-order valence-corrected chi connectivity index (χ3v) is 0.215. The Balaban J connectivity index is 3.17. The van der Waals surface area contributed by atoms with Gasteiger partial charge in [-0.2, -0.15) is 0 Å². The Morgan fingerprint density at radius 1 is 1.33 bits per heavy atom. The molecule has 5 nitrogen and oxygen atoms in total. The van der Waals surface area contributed by atoms with Crippen LogP contribution >= 0.6 is 0 Å². The maximum absolute atomic E-state index is 5.98. The SMILES string of the molecule is N=N/N=N/[N]=[Fe]. The summed E-state index contributed by atoms with van der Waals surface area (Å²) in [6.45, 7) is 0. The minimum absolute atomic E-state index is 2.50. The van der Waals surface area contributed by atoms with Crippen LogP contribution in [0.1, 0.15) is 0 Å². The molecule has 0 aliphatic carbocycles. The van der Waals surface area contributed by atoms with Gasteiger partial charge in [-0.15, -0.1) is 0 Å². The molecule has 0 aliphatic heterocycles. The van der Waals surface area contributed by atoms with Crippen molar-refractivity contribution in [2.24, 2.45) is 19.7 Å². The van der Waals surface area contributed by atoms with E-state index in [1.807, 2.05) is 0 Å². The van der Waals surface area contributed by atoms with E-state index in [4.69, 9.17) is 5.53 Å². The predicted molar refractivity (Wildman–Crippen MR) is 12.4 cm³/mol. The topological polar surface area (TPSA) is 73.3 Å². The molecule has 6 heteroatoms. The first-order valence-electron chi connectivity index (χ1n) is 0.982. The van der Waals surface area contributed by atoms with Crippen LogP contribution in [0.15, 0.2) is 19.7 Å². The van der Waals surface area contributed by atoms with Crippen molar-refractivity contribution >= 4 is 0 Å². The molecular weight excluding hydrogens is 126 g/mol. The summed E-state index contributed by atoms with van der Waals surface area (Å²) in [5.41, 5.74) is 5.98. The van der Waals surface area contributed by atoms with Gasteiger partial charge in [0, 0.05) is 0 Å². The average Bonchev–Trinajstić information content (AvgIpc) is 1.61. The number of hydrogen-bond acceptors (Lipinski definition) is 2. The van der Waals surface area contributed by atoms with E-state index >= 15 is 0 Å². The molecule has 0 amide bonds. The number of nitrogens with one attached hydrogen (secondary N) is 1. The van der Waals surface area contributed by atoms with E-state index < -0.39 is 0 Å². The second-order valence-electron chi connectivity index (χ2n) is 0.350. The van der Waals surface area contributed by atoms with Crippen molar-refractivity contribution in [3.8, 4) is 0 Å². The summed E-state index contributed by atoms with van der Waals surface area (Å²) in [5, 5.41) is 8.15. The molecule has 34 valence electrons. The van der Waals surface area contributed by atoms with Gasteiger partial charge in [0.1, 0.15) is 0 Å². The fourth-order valence-electron chi connectivity index (χ4n) is 0.0341. The molecule has 0 rings (SSSR count). The van der Waals surface area contributed by atoms with Gasteiger partial charge in [0.05, 0.1) is 0 Å². The van der Waals surface area contributed by atoms with Crippen molar-refractivity contribution in [2.45, 2.75) is 0 Å². The first kappa shape index (κ1) is 5.52. The van der Waals surface area contributed by atoms with Gasteiger partial charge >= 0.3 is 41.1 Å². The Labute approximate surface area is 41.9 Å². The Kier molecular flexibility index (Phi) is 4.16. The second-order valence-corrected chi connectivity index (χ2v) is 0.570. The van der Waals surface area contributed by atoms with Crippen LogP contribution in [-0.2, 0) is 15.8 Å². The average molecular weight is 127 g/mol. The van der Waals surface area contributed by atoms with Crippen molar-refractivity contribution in [1.82, 2.24) is 0 Å². The van der Waals surface area contributed by atoms with Gasteiger partial charge in [0.25, 0.3) is 0 Å². The predicted octanol–water partition coefficient (Wildman–Crippen LogP) is 1.03. The van der Waals surface area contributed by atoms with Gasteiger partial charge in [0.2, 0.25) is 0 Å². The quantitative estimate of drug-likeness (QED) is 0.326. The molecule has 6 heavy (non-hydrogen) atoms. The van der Waals surface area contributed by atoms with Crippen LogP contribution < -0.4 is 0 Å². The van der Waals surface area contributed by atoms with Crippen LogP contribution in [0.4, 0.5) is 0 Å². The monoisotopic (exact) mass is 127 g/mol. The molecule has 0 fully saturated rings. The normalized spacial score (nSPS) is 8.83. The number of nitrogens with zero attached hydrogens (tertiary/aromatic N) is 4. The van der Waals surface area contributed by atoms with Crippen molar-refractivity contribution in [1.29, 1.82) is 5.53 Å². The van der Waals surface area contributed by atoms with Crippen LogP contribution in [0.3, 0.4) is 0 Å². The minimum atomic E-state index is 2.50. The summed E-state index contributed by atoms with van der Waals surface area (Å²) in [7, 11) is 0. The van der Waals surface area contributed by atoms with Gasteiger partial charge in [-0.1, -0.05) is 0 Å². The zero-order valence-corrected chi connectivity index (χ0v) is 3.75. The molecule has 0 unspecified atom stereocenters. The van der Waals surface area contributed by atoms with E-state index in [0.717, 1.165) is 0 Å². The standard InChI is InChI=1S/Fe.HN5/c;1-3-5-4-2/h;1H/b;3-1?,5-4+. The van der Waals surface area contributed by atoms with Crippen molar-refractivity contribution in [3.63, 3.8) is 0 Å². The van der Waals surface area contributed by atoms with E-state index in [9.17, 15) is 0 Å². The summed E-state index contributed by atoms with van der Waals surface area (Å²) < 4.78 is 2.92. The molecule has 1 N–H and O–H groups in total. The van der Waals surface area contributed by atoms with Crippen molar-refractivity contribution in [3.05, 3.63) is 0 Å². The molecule has 0 radical (unpaired) electrons. The molecule has 0 bridgehead atoms. The first-order chi connectivity index (χ1) is 2.91. The zero-order chi connectivity index (χ0) is 4.83. The fourth-order valence-corrected chi connectivity index (χ4v) is 0.0783. The van der Waals surface area contributed by atoms with Gasteiger partial charge in [-0.25, -0.2) is 0 Å². The Morgan fingerprint density at radius 3 is 2.17 bits per heavy atom. The molecular formula is HFeN5. The van der Waals surface area contributed by atoms with Gasteiger partial charge in [-0.3, -0.25) is 0 Å². The van der Waals surface area contributed by atoms with Crippen molar-refractivity contribution < 1.29 is 15.8 Å². The van der Waals surface area contributed by atoms with Crippen molar-refractivity contribution in [2.75, 3.05) is 0 Å². The molecule has 0 atom stereocenters. The number of hydrogen-bond donors (Lipinski definition) is 1. The molecule has 0 aromatic carbocycles. The first-order valence-corrected chi connectivity index (χ1v) is 1.48. The third kappa shape index (κ3) is 3.52. The Morgan fingerprint density at radius 2 is 2.00 bits per heavy atom. The van der Waals surface area contributed by atoms with Crippen LogP contribution in [0.2, 0.25) is 0 Å². The maximum atomic E-state index is 5.98. The molecule has 0 aromatic heterocycles. The van der Waals surface area contributed by atoms with Crippen LogP contribution in [0, 0.1) is 5.53 Å². The van der Waals surface area contributed by atoms with E-state index in [2.05, 4.69) is 35.6 Å². The molecule has 0 spiro atoms. The van der Waals surface area contributed by atoms with E-state index in [1.165, 1.54) is 0 Å². The molecule has 0 saturated carbocycles. The van der Waals surface area contributed by atoms with E-state index in [0.29, 0.717) is 0 Å². The summed E-state index contributed by atoms with van der Waals surface area (Å²) >= 11 is 2.94. The van der Waals surface area contributed by atoms with E-state index in [1.54, 1.807) is 0 Å². The van der Waals surface area contributed by atoms with Crippen LogP contribution in [-0.4, -0.2) is 0 Å². The summed E-state index contributed by atoms with van der Waals surface area (Å²) in [5.74, 6) is 0. The van der Waals surface area contributed by atoms with Crippen LogP contribution in [0.5, 0.6) is 0 Å². The van der Waals surface area contributed by atoms with Gasteiger partial charge in [0.15, 0.2) is 0 Å². The Bertz CT molecular complexity index is 62.0. The Hall–Kier alpha value is -0.481. The van der Waals surface area contributed by atoms with Gasteiger partial charge < -0.3 is 0 Å². The summed E-state index contributed by atoms with van der Waals surface area (Å²) in [4.78, 5) is 0. The second kappa shape index (κ2) is 4.52. The molecule has 0 aromatic rings. The fraction of sp³-hybridized carbons (Fsp3) is 0. The molecule has 0 saturated heterocycles. The van der Waals surface area contributed by atoms with E-state index in [-0.39, 0.29) is 0 Å². The number of rotatable bonds is 2. The summed E-state index contributed by atoms with van der Waals surface area (Å²) in [6.07, 6.45) is 0. The zero-order valence-electron chi connectivity index (χ0n) is 2.64. The summed E-state index contributed by atoms with van der Waals surface area (Å²) in [6, 6.07) is 0.